The van der Waals surface area contributed by atoms with E-state index in [1.807, 2.05) is 25.4 Å². The van der Waals surface area contributed by atoms with Crippen LogP contribution in [0.5, 0.6) is 0 Å². The van der Waals surface area contributed by atoms with Gasteiger partial charge in [0.25, 0.3) is 0 Å². The van der Waals surface area contributed by atoms with E-state index in [1.54, 1.807) is 23.1 Å². The smallest absolute Gasteiger partial charge is 0.163 e. The van der Waals surface area contributed by atoms with Crippen LogP contribution >= 0.6 is 22.9 Å². The van der Waals surface area contributed by atoms with E-state index in [2.05, 4.69) is 15.4 Å². The van der Waals surface area contributed by atoms with Crippen LogP contribution in [0.1, 0.15) is 29.2 Å². The van der Waals surface area contributed by atoms with Gasteiger partial charge in [0.15, 0.2) is 10.8 Å². The SMILES string of the molecule is CC1=C(c2ccnn2C)C(c2ccc(F)cc2Cl)N=C(c2nccs2)N1. The van der Waals surface area contributed by atoms with Crippen LogP contribution in [0.15, 0.2) is 52.7 Å². The summed E-state index contributed by atoms with van der Waals surface area (Å²) < 4.78 is 15.3. The van der Waals surface area contributed by atoms with Gasteiger partial charge in [-0.05, 0) is 25.1 Å². The van der Waals surface area contributed by atoms with Crippen molar-refractivity contribution >= 4 is 34.3 Å². The second-order valence-electron chi connectivity index (χ2n) is 5.89. The Bertz CT molecular complexity index is 1020. The van der Waals surface area contributed by atoms with Crippen LogP contribution in [0.3, 0.4) is 0 Å². The fourth-order valence-electron chi connectivity index (χ4n) is 3.04. The summed E-state index contributed by atoms with van der Waals surface area (Å²) in [5.41, 5.74) is 3.53. The first-order valence-corrected chi connectivity index (χ1v) is 9.19. The summed E-state index contributed by atoms with van der Waals surface area (Å²) in [5.74, 6) is 0.299. The molecule has 0 saturated carbocycles. The van der Waals surface area contributed by atoms with E-state index < -0.39 is 6.04 Å². The largest absolute Gasteiger partial charge is 0.341 e. The molecule has 1 unspecified atom stereocenters. The zero-order valence-electron chi connectivity index (χ0n) is 14.1. The van der Waals surface area contributed by atoms with Gasteiger partial charge >= 0.3 is 0 Å². The third-order valence-electron chi connectivity index (χ3n) is 4.23. The van der Waals surface area contributed by atoms with Crippen molar-refractivity contribution in [2.24, 2.45) is 12.0 Å². The summed E-state index contributed by atoms with van der Waals surface area (Å²) >= 11 is 7.86. The van der Waals surface area contributed by atoms with Crippen LogP contribution in [0, 0.1) is 5.82 Å². The van der Waals surface area contributed by atoms with Crippen molar-refractivity contribution in [2.45, 2.75) is 13.0 Å². The van der Waals surface area contributed by atoms with Crippen molar-refractivity contribution in [2.75, 3.05) is 0 Å². The zero-order valence-corrected chi connectivity index (χ0v) is 15.6. The molecule has 2 aromatic heterocycles. The fraction of sp³-hybridized carbons (Fsp3) is 0.167. The van der Waals surface area contributed by atoms with Crippen LogP contribution in [-0.2, 0) is 7.05 Å². The maximum absolute atomic E-state index is 13.6. The number of allylic oxidation sites excluding steroid dienone is 1. The monoisotopic (exact) mass is 387 g/mol. The first-order valence-electron chi connectivity index (χ1n) is 7.93. The first kappa shape index (κ1) is 16.9. The predicted octanol–water partition coefficient (Wildman–Crippen LogP) is 4.19. The number of aromatic nitrogens is 3. The van der Waals surface area contributed by atoms with E-state index in [4.69, 9.17) is 16.6 Å². The van der Waals surface area contributed by atoms with Gasteiger partial charge in [-0.3, -0.25) is 9.67 Å². The second kappa shape index (κ2) is 6.66. The number of thiazole rings is 1. The lowest BCUT2D eigenvalue weighted by atomic mass is 9.93. The van der Waals surface area contributed by atoms with Gasteiger partial charge in [0, 0.05) is 46.7 Å². The van der Waals surface area contributed by atoms with Crippen molar-refractivity contribution in [3.63, 3.8) is 0 Å². The highest BCUT2D eigenvalue weighted by atomic mass is 35.5. The van der Waals surface area contributed by atoms with Gasteiger partial charge in [0.2, 0.25) is 0 Å². The van der Waals surface area contributed by atoms with Gasteiger partial charge in [0.05, 0.1) is 5.69 Å². The fourth-order valence-corrected chi connectivity index (χ4v) is 3.90. The Balaban J connectivity index is 1.90. The maximum atomic E-state index is 13.6. The molecule has 0 spiro atoms. The normalized spacial score (nSPS) is 17.2. The number of hydrogen-bond acceptors (Lipinski definition) is 5. The van der Waals surface area contributed by atoms with Gasteiger partial charge in [-0.15, -0.1) is 11.3 Å². The Morgan fingerprint density at radius 2 is 2.12 bits per heavy atom. The minimum Gasteiger partial charge on any atom is -0.341 e. The van der Waals surface area contributed by atoms with Gasteiger partial charge in [-0.25, -0.2) is 9.37 Å². The van der Waals surface area contributed by atoms with Crippen molar-refractivity contribution in [3.8, 4) is 0 Å². The molecular weight excluding hydrogens is 373 g/mol. The van der Waals surface area contributed by atoms with E-state index in [-0.39, 0.29) is 5.82 Å². The number of aliphatic imine (C=N–C) groups is 1. The van der Waals surface area contributed by atoms with Crippen LogP contribution in [-0.4, -0.2) is 20.6 Å². The predicted molar refractivity (Wildman–Crippen MR) is 102 cm³/mol. The number of hydrogen-bond donors (Lipinski definition) is 1. The molecule has 0 radical (unpaired) electrons. The molecule has 0 amide bonds. The molecule has 0 fully saturated rings. The molecule has 0 bridgehead atoms. The van der Waals surface area contributed by atoms with E-state index >= 15 is 0 Å². The van der Waals surface area contributed by atoms with E-state index in [0.29, 0.717) is 10.9 Å². The number of benzene rings is 1. The van der Waals surface area contributed by atoms with E-state index in [0.717, 1.165) is 27.5 Å². The molecular formula is C18H15ClFN5S. The number of aryl methyl sites for hydroxylation is 1. The Hall–Kier alpha value is -2.51. The summed E-state index contributed by atoms with van der Waals surface area (Å²) in [6.45, 7) is 1.98. The lowest BCUT2D eigenvalue weighted by molar-refractivity contribution is 0.626. The molecule has 5 nitrogen and oxygen atoms in total. The lowest BCUT2D eigenvalue weighted by Crippen LogP contribution is -2.30. The highest BCUT2D eigenvalue weighted by Crippen LogP contribution is 2.40. The van der Waals surface area contributed by atoms with Crippen LogP contribution in [0.4, 0.5) is 4.39 Å². The molecule has 1 N–H and O–H groups in total. The highest BCUT2D eigenvalue weighted by Gasteiger charge is 2.29. The van der Waals surface area contributed by atoms with Crippen molar-refractivity contribution in [1.82, 2.24) is 20.1 Å². The van der Waals surface area contributed by atoms with Crippen LogP contribution in [0.25, 0.3) is 5.57 Å². The topological polar surface area (TPSA) is 55.1 Å². The summed E-state index contributed by atoms with van der Waals surface area (Å²) in [5, 5.41) is 10.6. The molecule has 0 saturated heterocycles. The Labute approximate surface area is 158 Å². The van der Waals surface area contributed by atoms with E-state index in [1.165, 1.54) is 23.5 Å². The molecule has 3 aromatic rings. The average molecular weight is 388 g/mol. The molecule has 3 heterocycles. The molecule has 8 heteroatoms. The molecule has 1 atom stereocenters. The zero-order chi connectivity index (χ0) is 18.3. The van der Waals surface area contributed by atoms with Gasteiger partial charge in [0.1, 0.15) is 11.9 Å². The third kappa shape index (κ3) is 2.93. The van der Waals surface area contributed by atoms with Gasteiger partial charge < -0.3 is 5.32 Å². The summed E-state index contributed by atoms with van der Waals surface area (Å²) in [7, 11) is 1.87. The molecule has 4 rings (SSSR count). The lowest BCUT2D eigenvalue weighted by Gasteiger charge is -2.27. The second-order valence-corrected chi connectivity index (χ2v) is 7.19. The Morgan fingerprint density at radius 1 is 1.27 bits per heavy atom. The molecule has 1 aromatic carbocycles. The van der Waals surface area contributed by atoms with Crippen LogP contribution < -0.4 is 5.32 Å². The number of nitrogens with one attached hydrogen (secondary N) is 1. The highest BCUT2D eigenvalue weighted by molar-refractivity contribution is 7.11. The maximum Gasteiger partial charge on any atom is 0.163 e. The minimum atomic E-state index is -0.390. The quantitative estimate of drug-likeness (QED) is 0.733. The molecule has 26 heavy (non-hydrogen) atoms. The summed E-state index contributed by atoms with van der Waals surface area (Å²) in [6, 6.07) is 5.93. The Kier molecular flexibility index (Phi) is 4.34. The number of nitrogens with zero attached hydrogens (tertiary/aromatic N) is 4. The van der Waals surface area contributed by atoms with Crippen molar-refractivity contribution in [1.29, 1.82) is 0 Å². The van der Waals surface area contributed by atoms with Gasteiger partial charge in [-0.2, -0.15) is 5.10 Å². The molecule has 1 aliphatic heterocycles. The first-order chi connectivity index (χ1) is 12.5. The number of halogens is 2. The average Bonchev–Trinajstić information content (AvgIpc) is 3.26. The molecule has 1 aliphatic rings. The van der Waals surface area contributed by atoms with Crippen molar-refractivity contribution in [3.05, 3.63) is 74.8 Å². The standard InChI is InChI=1S/C18H15ClFN5S/c1-10-15(14-5-6-22-25(14)2)16(12-4-3-11(20)9-13(12)19)24-17(23-10)18-21-7-8-26-18/h3-9,16H,1-2H3,(H,23,24). The summed E-state index contributed by atoms with van der Waals surface area (Å²) in [4.78, 5) is 9.20. The summed E-state index contributed by atoms with van der Waals surface area (Å²) in [6.07, 6.45) is 3.47. The third-order valence-corrected chi connectivity index (χ3v) is 5.34. The van der Waals surface area contributed by atoms with Gasteiger partial charge in [-0.1, -0.05) is 17.7 Å². The minimum absolute atomic E-state index is 0.339. The molecule has 0 aliphatic carbocycles. The van der Waals surface area contributed by atoms with Crippen LogP contribution in [0.2, 0.25) is 5.02 Å². The molecule has 132 valence electrons. The number of rotatable bonds is 3. The van der Waals surface area contributed by atoms with E-state index in [9.17, 15) is 4.39 Å². The Morgan fingerprint density at radius 3 is 2.77 bits per heavy atom. The number of amidine groups is 1. The van der Waals surface area contributed by atoms with Crippen molar-refractivity contribution < 1.29 is 4.39 Å².